The summed E-state index contributed by atoms with van der Waals surface area (Å²) in [4.78, 5) is 23.1. The van der Waals surface area contributed by atoms with E-state index in [1.54, 1.807) is 13.8 Å². The van der Waals surface area contributed by atoms with Crippen molar-refractivity contribution in [2.75, 3.05) is 6.61 Å². The summed E-state index contributed by atoms with van der Waals surface area (Å²) in [6.45, 7) is 9.77. The van der Waals surface area contributed by atoms with Gasteiger partial charge in [-0.05, 0) is 32.0 Å². The van der Waals surface area contributed by atoms with Crippen LogP contribution in [0.15, 0.2) is 11.6 Å². The van der Waals surface area contributed by atoms with Crippen molar-refractivity contribution in [1.29, 1.82) is 0 Å². The zero-order valence-electron chi connectivity index (χ0n) is 12.0. The highest BCUT2D eigenvalue weighted by molar-refractivity contribution is 6.75. The van der Waals surface area contributed by atoms with Crippen LogP contribution in [-0.2, 0) is 18.8 Å². The Kier molecular flexibility index (Phi) is 7.58. The molecular formula is C13H24O4Si. The summed E-state index contributed by atoms with van der Waals surface area (Å²) in [5.74, 6) is -0.885. The molecule has 0 aromatic carbocycles. The minimum absolute atomic E-state index is 0.301. The van der Waals surface area contributed by atoms with E-state index in [9.17, 15) is 9.59 Å². The molecule has 0 rings (SSSR count). The lowest BCUT2D eigenvalue weighted by Gasteiger charge is -2.27. The standard InChI is InChI=1S/C13H24O4Si/c1-6-16-12(14)10-11(5)13(15)17-18(7-2,8-3)9-4/h10H,6-9H2,1-5H3/b11-10-. The molecule has 0 radical (unpaired) electrons. The molecule has 0 N–H and O–H groups in total. The first-order valence-corrected chi connectivity index (χ1v) is 9.06. The van der Waals surface area contributed by atoms with Crippen LogP contribution in [0.25, 0.3) is 0 Å². The van der Waals surface area contributed by atoms with Gasteiger partial charge in [-0.25, -0.2) is 9.59 Å². The summed E-state index contributed by atoms with van der Waals surface area (Å²) in [5, 5.41) is 0. The summed E-state index contributed by atoms with van der Waals surface area (Å²) in [6, 6.07) is 2.70. The summed E-state index contributed by atoms with van der Waals surface area (Å²) in [6.07, 6.45) is 1.20. The molecule has 0 aromatic heterocycles. The van der Waals surface area contributed by atoms with Crippen molar-refractivity contribution in [3.63, 3.8) is 0 Å². The van der Waals surface area contributed by atoms with Gasteiger partial charge in [-0.1, -0.05) is 20.8 Å². The van der Waals surface area contributed by atoms with Gasteiger partial charge in [0.25, 0.3) is 8.32 Å². The van der Waals surface area contributed by atoms with Crippen molar-refractivity contribution < 1.29 is 18.8 Å². The Labute approximate surface area is 110 Å². The molecule has 4 nitrogen and oxygen atoms in total. The maximum Gasteiger partial charge on any atom is 0.331 e. The lowest BCUT2D eigenvalue weighted by molar-refractivity contribution is -0.138. The second-order valence-electron chi connectivity index (χ2n) is 4.21. The highest BCUT2D eigenvalue weighted by Crippen LogP contribution is 2.22. The van der Waals surface area contributed by atoms with Gasteiger partial charge in [0.05, 0.1) is 6.61 Å². The Hall–Kier alpha value is -1.10. The SMILES string of the molecule is CCOC(=O)/C=C(/C)C(=O)O[Si](CC)(CC)CC. The van der Waals surface area contributed by atoms with Crippen LogP contribution in [0, 0.1) is 0 Å². The fourth-order valence-corrected chi connectivity index (χ4v) is 4.15. The number of rotatable bonds is 7. The molecule has 0 saturated carbocycles. The van der Waals surface area contributed by atoms with Gasteiger partial charge in [-0.3, -0.25) is 0 Å². The van der Waals surface area contributed by atoms with Crippen molar-refractivity contribution in [3.05, 3.63) is 11.6 Å². The average Bonchev–Trinajstić information content (AvgIpc) is 2.36. The largest absolute Gasteiger partial charge is 0.516 e. The Balaban J connectivity index is 4.70. The monoisotopic (exact) mass is 272 g/mol. The third-order valence-corrected chi connectivity index (χ3v) is 7.67. The van der Waals surface area contributed by atoms with E-state index >= 15 is 0 Å². The molecule has 18 heavy (non-hydrogen) atoms. The highest BCUT2D eigenvalue weighted by Gasteiger charge is 2.33. The molecule has 0 saturated heterocycles. The summed E-state index contributed by atoms with van der Waals surface area (Å²) >= 11 is 0. The zero-order chi connectivity index (χ0) is 14.2. The first-order valence-electron chi connectivity index (χ1n) is 6.53. The van der Waals surface area contributed by atoms with Crippen LogP contribution < -0.4 is 0 Å². The molecule has 0 aliphatic heterocycles. The summed E-state index contributed by atoms with van der Waals surface area (Å²) in [5.41, 5.74) is 0.306. The number of hydrogen-bond acceptors (Lipinski definition) is 4. The average molecular weight is 272 g/mol. The fraction of sp³-hybridized carbons (Fsp3) is 0.692. The van der Waals surface area contributed by atoms with Crippen molar-refractivity contribution in [3.8, 4) is 0 Å². The van der Waals surface area contributed by atoms with E-state index in [2.05, 4.69) is 20.8 Å². The molecule has 0 aliphatic carbocycles. The van der Waals surface area contributed by atoms with Gasteiger partial charge in [0.1, 0.15) is 0 Å². The van der Waals surface area contributed by atoms with Gasteiger partial charge < -0.3 is 9.16 Å². The van der Waals surface area contributed by atoms with E-state index in [4.69, 9.17) is 9.16 Å². The van der Waals surface area contributed by atoms with E-state index < -0.39 is 14.3 Å². The second-order valence-corrected chi connectivity index (χ2v) is 8.90. The van der Waals surface area contributed by atoms with Crippen LogP contribution in [0.3, 0.4) is 0 Å². The number of carbonyl (C=O) groups is 2. The molecule has 0 aromatic rings. The fourth-order valence-electron chi connectivity index (χ4n) is 1.66. The van der Waals surface area contributed by atoms with Gasteiger partial charge >= 0.3 is 11.9 Å². The lowest BCUT2D eigenvalue weighted by Crippen LogP contribution is -2.38. The van der Waals surface area contributed by atoms with E-state index in [1.165, 1.54) is 6.08 Å². The van der Waals surface area contributed by atoms with Crippen LogP contribution in [0.4, 0.5) is 0 Å². The number of ether oxygens (including phenoxy) is 1. The Bertz CT molecular complexity index is 311. The topological polar surface area (TPSA) is 52.6 Å². The van der Waals surface area contributed by atoms with Crippen molar-refractivity contribution >= 4 is 20.3 Å². The van der Waals surface area contributed by atoms with Crippen LogP contribution >= 0.6 is 0 Å². The maximum absolute atomic E-state index is 11.9. The van der Waals surface area contributed by atoms with Gasteiger partial charge in [-0.15, -0.1) is 0 Å². The van der Waals surface area contributed by atoms with Gasteiger partial charge in [-0.2, -0.15) is 0 Å². The molecule has 5 heteroatoms. The molecule has 0 fully saturated rings. The molecule has 0 unspecified atom stereocenters. The van der Waals surface area contributed by atoms with Gasteiger partial charge in [0.2, 0.25) is 0 Å². The molecular weight excluding hydrogens is 248 g/mol. The Morgan fingerprint density at radius 3 is 1.94 bits per heavy atom. The van der Waals surface area contributed by atoms with Crippen LogP contribution in [0.1, 0.15) is 34.6 Å². The second kappa shape index (κ2) is 8.08. The van der Waals surface area contributed by atoms with Crippen molar-refractivity contribution in [2.45, 2.75) is 52.8 Å². The minimum Gasteiger partial charge on any atom is -0.516 e. The quantitative estimate of drug-likeness (QED) is 0.406. The van der Waals surface area contributed by atoms with E-state index in [-0.39, 0.29) is 5.97 Å². The predicted octanol–water partition coefficient (Wildman–Crippen LogP) is 3.04. The third kappa shape index (κ3) is 5.04. The highest BCUT2D eigenvalue weighted by atomic mass is 28.4. The van der Waals surface area contributed by atoms with Crippen LogP contribution in [0.5, 0.6) is 0 Å². The summed E-state index contributed by atoms with van der Waals surface area (Å²) < 4.78 is 10.4. The van der Waals surface area contributed by atoms with E-state index in [0.717, 1.165) is 18.1 Å². The molecule has 0 heterocycles. The molecule has 0 amide bonds. The molecule has 0 aliphatic rings. The molecule has 0 spiro atoms. The van der Waals surface area contributed by atoms with Gasteiger partial charge in [0, 0.05) is 11.6 Å². The van der Waals surface area contributed by atoms with E-state index in [1.807, 2.05) is 0 Å². The van der Waals surface area contributed by atoms with Crippen molar-refractivity contribution in [2.24, 2.45) is 0 Å². The molecule has 0 atom stereocenters. The van der Waals surface area contributed by atoms with Gasteiger partial charge in [0.15, 0.2) is 0 Å². The third-order valence-electron chi connectivity index (χ3n) is 3.19. The number of esters is 1. The molecule has 0 bridgehead atoms. The first kappa shape index (κ1) is 16.9. The lowest BCUT2D eigenvalue weighted by atomic mass is 10.3. The van der Waals surface area contributed by atoms with Crippen molar-refractivity contribution in [1.82, 2.24) is 0 Å². The zero-order valence-corrected chi connectivity index (χ0v) is 13.0. The van der Waals surface area contributed by atoms with Crippen LogP contribution in [-0.4, -0.2) is 26.9 Å². The number of hydrogen-bond donors (Lipinski definition) is 0. The minimum atomic E-state index is -1.96. The maximum atomic E-state index is 11.9. The first-order chi connectivity index (χ1) is 8.44. The number of carbonyl (C=O) groups excluding carboxylic acids is 2. The normalized spacial score (nSPS) is 12.2. The molecule has 104 valence electrons. The Morgan fingerprint density at radius 1 is 1.06 bits per heavy atom. The smallest absolute Gasteiger partial charge is 0.331 e. The predicted molar refractivity (Wildman–Crippen MR) is 73.7 cm³/mol. The van der Waals surface area contributed by atoms with Crippen LogP contribution in [0.2, 0.25) is 18.1 Å². The summed E-state index contributed by atoms with van der Waals surface area (Å²) in [7, 11) is -1.96. The van der Waals surface area contributed by atoms with E-state index in [0.29, 0.717) is 12.2 Å². The Morgan fingerprint density at radius 2 is 1.56 bits per heavy atom.